The molecule has 1 aliphatic heterocycles. The fraction of sp³-hybridized carbons (Fsp3) is 0.0588. The van der Waals surface area contributed by atoms with Gasteiger partial charge in [0.25, 0.3) is 16.8 Å². The highest BCUT2D eigenvalue weighted by Crippen LogP contribution is 2.33. The molecule has 1 fully saturated rings. The van der Waals surface area contributed by atoms with Gasteiger partial charge in [-0.25, -0.2) is 0 Å². The Balaban J connectivity index is 1.81. The Hall–Kier alpha value is -2.64. The van der Waals surface area contributed by atoms with E-state index in [1.165, 1.54) is 18.2 Å². The first-order chi connectivity index (χ1) is 11.9. The molecule has 2 amide bonds. The summed E-state index contributed by atoms with van der Waals surface area (Å²) in [6, 6.07) is 12.8. The molecule has 0 aliphatic carbocycles. The highest BCUT2D eigenvalue weighted by Gasteiger charge is 2.35. The van der Waals surface area contributed by atoms with Gasteiger partial charge in [-0.3, -0.25) is 24.6 Å². The summed E-state index contributed by atoms with van der Waals surface area (Å²) >= 11 is 6.67. The van der Waals surface area contributed by atoms with Crippen LogP contribution in [0.3, 0.4) is 0 Å². The van der Waals surface area contributed by atoms with E-state index in [-0.39, 0.29) is 12.2 Å². The molecule has 8 heteroatoms. The Morgan fingerprint density at radius 3 is 2.56 bits per heavy atom. The number of benzene rings is 2. The number of non-ortho nitro benzene ring substituents is 1. The summed E-state index contributed by atoms with van der Waals surface area (Å²) in [5, 5.41) is 11.0. The number of rotatable bonds is 4. The molecular weight excluding hydrogens is 364 g/mol. The number of nitro groups is 1. The molecular formula is C17H11ClN2O4S. The van der Waals surface area contributed by atoms with E-state index in [1.807, 2.05) is 0 Å². The Morgan fingerprint density at radius 1 is 1.16 bits per heavy atom. The normalized spacial score (nSPS) is 15.9. The molecule has 0 saturated carbocycles. The van der Waals surface area contributed by atoms with Crippen LogP contribution in [0.4, 0.5) is 10.5 Å². The fourth-order valence-corrected chi connectivity index (χ4v) is 3.26. The molecule has 25 heavy (non-hydrogen) atoms. The highest BCUT2D eigenvalue weighted by atomic mass is 35.5. The summed E-state index contributed by atoms with van der Waals surface area (Å²) in [6.45, 7) is -0.00962. The Bertz CT molecular complexity index is 896. The maximum absolute atomic E-state index is 12.5. The van der Waals surface area contributed by atoms with Gasteiger partial charge in [-0.1, -0.05) is 35.9 Å². The Morgan fingerprint density at radius 2 is 1.88 bits per heavy atom. The molecule has 0 N–H and O–H groups in total. The van der Waals surface area contributed by atoms with Gasteiger partial charge in [0, 0.05) is 17.2 Å². The van der Waals surface area contributed by atoms with E-state index in [4.69, 9.17) is 11.6 Å². The molecule has 0 aromatic heterocycles. The van der Waals surface area contributed by atoms with Crippen LogP contribution in [0.1, 0.15) is 11.1 Å². The summed E-state index contributed by atoms with van der Waals surface area (Å²) < 4.78 is 0. The lowest BCUT2D eigenvalue weighted by Gasteiger charge is -2.12. The van der Waals surface area contributed by atoms with Gasteiger partial charge in [0.05, 0.1) is 16.4 Å². The first-order valence-corrected chi connectivity index (χ1v) is 8.38. The predicted molar refractivity (Wildman–Crippen MR) is 96.1 cm³/mol. The third-order valence-electron chi connectivity index (χ3n) is 3.50. The molecule has 1 heterocycles. The van der Waals surface area contributed by atoms with E-state index >= 15 is 0 Å². The van der Waals surface area contributed by atoms with Crippen LogP contribution in [0.15, 0.2) is 53.4 Å². The van der Waals surface area contributed by atoms with Gasteiger partial charge in [-0.15, -0.1) is 0 Å². The number of carbonyl (C=O) groups is 2. The van der Waals surface area contributed by atoms with E-state index in [1.54, 1.807) is 36.4 Å². The van der Waals surface area contributed by atoms with E-state index in [0.717, 1.165) is 22.2 Å². The molecule has 2 aromatic rings. The van der Waals surface area contributed by atoms with E-state index < -0.39 is 16.1 Å². The van der Waals surface area contributed by atoms with Crippen LogP contribution < -0.4 is 0 Å². The molecule has 0 spiro atoms. The SMILES string of the molecule is O=C1S/C(=C\c2ccc(Cl)cc2)C(=O)N1Cc1cccc([N+](=O)[O-])c1. The number of nitro benzene ring substituents is 1. The van der Waals surface area contributed by atoms with Crippen LogP contribution >= 0.6 is 23.4 Å². The molecule has 0 atom stereocenters. The quantitative estimate of drug-likeness (QED) is 0.447. The van der Waals surface area contributed by atoms with E-state index in [9.17, 15) is 19.7 Å². The third-order valence-corrected chi connectivity index (χ3v) is 4.66. The van der Waals surface area contributed by atoms with Gasteiger partial charge >= 0.3 is 0 Å². The summed E-state index contributed by atoms with van der Waals surface area (Å²) in [5.74, 6) is -0.420. The molecule has 3 rings (SSSR count). The van der Waals surface area contributed by atoms with Crippen molar-refractivity contribution in [2.75, 3.05) is 0 Å². The molecule has 6 nitrogen and oxygen atoms in total. The number of amides is 2. The van der Waals surface area contributed by atoms with Crippen LogP contribution in [0.2, 0.25) is 5.02 Å². The lowest BCUT2D eigenvalue weighted by molar-refractivity contribution is -0.384. The van der Waals surface area contributed by atoms with Crippen LogP contribution in [0.5, 0.6) is 0 Å². The smallest absolute Gasteiger partial charge is 0.268 e. The van der Waals surface area contributed by atoms with Gasteiger partial charge in [0.2, 0.25) is 0 Å². The Kier molecular flexibility index (Phi) is 4.87. The standard InChI is InChI=1S/C17H11ClN2O4S/c18-13-6-4-11(5-7-13)9-15-16(21)19(17(22)25-15)10-12-2-1-3-14(8-12)20(23)24/h1-9H,10H2/b15-9-. The van der Waals surface area contributed by atoms with Crippen molar-refractivity contribution in [1.29, 1.82) is 0 Å². The fourth-order valence-electron chi connectivity index (χ4n) is 2.30. The van der Waals surface area contributed by atoms with Crippen LogP contribution in [0, 0.1) is 10.1 Å². The van der Waals surface area contributed by atoms with Crippen molar-refractivity contribution < 1.29 is 14.5 Å². The zero-order valence-corrected chi connectivity index (χ0v) is 14.3. The number of hydrogen-bond donors (Lipinski definition) is 0. The number of imide groups is 1. The summed E-state index contributed by atoms with van der Waals surface area (Å²) in [5.41, 5.74) is 1.19. The molecule has 0 radical (unpaired) electrons. The van der Waals surface area contributed by atoms with E-state index in [0.29, 0.717) is 15.5 Å². The second kappa shape index (κ2) is 7.08. The average molecular weight is 375 g/mol. The number of nitrogens with zero attached hydrogens (tertiary/aromatic N) is 2. The molecule has 126 valence electrons. The van der Waals surface area contributed by atoms with Crippen molar-refractivity contribution in [2.45, 2.75) is 6.54 Å². The first-order valence-electron chi connectivity index (χ1n) is 7.18. The molecule has 0 unspecified atom stereocenters. The number of hydrogen-bond acceptors (Lipinski definition) is 5. The second-order valence-corrected chi connectivity index (χ2v) is 6.68. The van der Waals surface area contributed by atoms with Gasteiger partial charge in [0.15, 0.2) is 0 Å². The zero-order valence-electron chi connectivity index (χ0n) is 12.7. The minimum atomic E-state index is -0.516. The first kappa shape index (κ1) is 17.2. The van der Waals surface area contributed by atoms with Crippen molar-refractivity contribution in [2.24, 2.45) is 0 Å². The van der Waals surface area contributed by atoms with Gasteiger partial charge in [-0.2, -0.15) is 0 Å². The van der Waals surface area contributed by atoms with Crippen molar-refractivity contribution in [3.05, 3.63) is 79.7 Å². The third kappa shape index (κ3) is 3.89. The van der Waals surface area contributed by atoms with Crippen LogP contribution in [0.25, 0.3) is 6.08 Å². The maximum atomic E-state index is 12.5. The van der Waals surface area contributed by atoms with Crippen molar-refractivity contribution in [3.63, 3.8) is 0 Å². The van der Waals surface area contributed by atoms with Gasteiger partial charge < -0.3 is 0 Å². The van der Waals surface area contributed by atoms with Crippen molar-refractivity contribution >= 4 is 46.3 Å². The topological polar surface area (TPSA) is 80.5 Å². The zero-order chi connectivity index (χ0) is 18.0. The number of halogens is 1. The minimum Gasteiger partial charge on any atom is -0.268 e. The summed E-state index contributed by atoms with van der Waals surface area (Å²) in [4.78, 5) is 36.3. The minimum absolute atomic E-state index is 0.00962. The largest absolute Gasteiger partial charge is 0.293 e. The van der Waals surface area contributed by atoms with E-state index in [2.05, 4.69) is 0 Å². The number of thioether (sulfide) groups is 1. The maximum Gasteiger partial charge on any atom is 0.293 e. The van der Waals surface area contributed by atoms with Crippen molar-refractivity contribution in [1.82, 2.24) is 4.90 Å². The average Bonchev–Trinajstić information content (AvgIpc) is 2.85. The van der Waals surface area contributed by atoms with Crippen LogP contribution in [-0.2, 0) is 11.3 Å². The number of carbonyl (C=O) groups excluding carboxylic acids is 2. The molecule has 1 aliphatic rings. The lowest BCUT2D eigenvalue weighted by Crippen LogP contribution is -2.27. The molecule has 0 bridgehead atoms. The monoisotopic (exact) mass is 374 g/mol. The predicted octanol–water partition coefficient (Wildman–Crippen LogP) is 4.48. The van der Waals surface area contributed by atoms with Crippen molar-refractivity contribution in [3.8, 4) is 0 Å². The highest BCUT2D eigenvalue weighted by molar-refractivity contribution is 8.18. The lowest BCUT2D eigenvalue weighted by atomic mass is 10.2. The summed E-state index contributed by atoms with van der Waals surface area (Å²) in [7, 11) is 0. The molecule has 1 saturated heterocycles. The second-order valence-electron chi connectivity index (χ2n) is 5.25. The molecule has 2 aromatic carbocycles. The summed E-state index contributed by atoms with van der Waals surface area (Å²) in [6.07, 6.45) is 1.62. The van der Waals surface area contributed by atoms with Gasteiger partial charge in [-0.05, 0) is 41.1 Å². The van der Waals surface area contributed by atoms with Crippen LogP contribution in [-0.4, -0.2) is 21.0 Å². The van der Waals surface area contributed by atoms with Gasteiger partial charge in [0.1, 0.15) is 0 Å². The Labute approximate surface area is 152 Å².